The van der Waals surface area contributed by atoms with Gasteiger partial charge in [0.05, 0.1) is 17.2 Å². The average Bonchev–Trinajstić information content (AvgIpc) is 2.80. The number of benzene rings is 1. The minimum Gasteiger partial charge on any atom is -0.464 e. The second kappa shape index (κ2) is 8.05. The van der Waals surface area contributed by atoms with Gasteiger partial charge in [-0.2, -0.15) is 0 Å². The number of halogens is 1. The molecule has 0 unspecified atom stereocenters. The molecule has 2 amide bonds. The molecule has 25 heavy (non-hydrogen) atoms. The second-order valence-electron chi connectivity index (χ2n) is 5.59. The summed E-state index contributed by atoms with van der Waals surface area (Å²) in [5.41, 5.74) is 1.79. The number of hydrogen-bond acceptors (Lipinski definition) is 6. The number of nitrogens with zero attached hydrogens (tertiary/aromatic N) is 2. The van der Waals surface area contributed by atoms with Gasteiger partial charge < -0.3 is 9.64 Å². The van der Waals surface area contributed by atoms with Crippen molar-refractivity contribution in [1.82, 2.24) is 4.90 Å². The highest BCUT2D eigenvalue weighted by Gasteiger charge is 2.41. The van der Waals surface area contributed by atoms with E-state index in [4.69, 9.17) is 4.74 Å². The van der Waals surface area contributed by atoms with Crippen LogP contribution < -0.4 is 4.90 Å². The number of imide groups is 1. The smallest absolute Gasteiger partial charge is 0.329 e. The van der Waals surface area contributed by atoms with Crippen LogP contribution in [0, 0.1) is 0 Å². The third-order valence-electron chi connectivity index (χ3n) is 3.59. The van der Waals surface area contributed by atoms with Crippen LogP contribution in [0.3, 0.4) is 0 Å². The van der Waals surface area contributed by atoms with Gasteiger partial charge in [-0.15, -0.1) is 0 Å². The lowest BCUT2D eigenvalue weighted by Crippen LogP contribution is -2.42. The zero-order valence-electron chi connectivity index (χ0n) is 14.4. The summed E-state index contributed by atoms with van der Waals surface area (Å²) in [6, 6.07) is 4.71. The highest BCUT2D eigenvalue weighted by atomic mass is 79.9. The Hall–Kier alpha value is -1.80. The van der Waals surface area contributed by atoms with Crippen molar-refractivity contribution in [3.8, 4) is 0 Å². The summed E-state index contributed by atoms with van der Waals surface area (Å²) in [4.78, 5) is 39.7. The fourth-order valence-electron chi connectivity index (χ4n) is 2.31. The summed E-state index contributed by atoms with van der Waals surface area (Å²) in [7, 11) is 3.86. The quantitative estimate of drug-likeness (QED) is 0.530. The van der Waals surface area contributed by atoms with Crippen LogP contribution >= 0.6 is 27.7 Å². The number of thioether (sulfide) groups is 1. The molecular formula is C17H19BrN2O4S. The zero-order chi connectivity index (χ0) is 18.7. The maximum absolute atomic E-state index is 12.5. The monoisotopic (exact) mass is 426 g/mol. The molecule has 8 heteroatoms. The van der Waals surface area contributed by atoms with E-state index in [1.807, 2.05) is 37.2 Å². The van der Waals surface area contributed by atoms with Crippen molar-refractivity contribution >= 4 is 56.6 Å². The molecule has 1 aromatic rings. The fraction of sp³-hybridized carbons (Fsp3) is 0.353. The number of rotatable bonds is 5. The lowest BCUT2D eigenvalue weighted by molar-refractivity contribution is -0.150. The summed E-state index contributed by atoms with van der Waals surface area (Å²) in [6.45, 7) is 3.36. The van der Waals surface area contributed by atoms with Crippen LogP contribution in [-0.4, -0.2) is 48.8 Å². The Kier molecular flexibility index (Phi) is 6.29. The van der Waals surface area contributed by atoms with Crippen molar-refractivity contribution in [3.05, 3.63) is 33.1 Å². The molecule has 0 aliphatic carbocycles. The Labute approximate surface area is 159 Å². The van der Waals surface area contributed by atoms with Gasteiger partial charge in [0.25, 0.3) is 11.1 Å². The third kappa shape index (κ3) is 4.24. The Morgan fingerprint density at radius 1 is 1.40 bits per heavy atom. The van der Waals surface area contributed by atoms with Crippen LogP contribution in [0.2, 0.25) is 0 Å². The second-order valence-corrected chi connectivity index (χ2v) is 7.43. The molecule has 6 nitrogen and oxygen atoms in total. The van der Waals surface area contributed by atoms with Gasteiger partial charge >= 0.3 is 5.97 Å². The molecule has 0 spiro atoms. The molecule has 1 aliphatic heterocycles. The van der Waals surface area contributed by atoms with Crippen molar-refractivity contribution in [3.63, 3.8) is 0 Å². The van der Waals surface area contributed by atoms with Gasteiger partial charge in [0.1, 0.15) is 6.04 Å². The number of carbonyl (C=O) groups is 3. The Balaban J connectivity index is 2.25. The Morgan fingerprint density at radius 2 is 2.08 bits per heavy atom. The molecule has 0 aromatic heterocycles. The van der Waals surface area contributed by atoms with Crippen molar-refractivity contribution in [2.45, 2.75) is 19.9 Å². The molecule has 1 aromatic carbocycles. The van der Waals surface area contributed by atoms with Gasteiger partial charge in [0, 0.05) is 18.6 Å². The van der Waals surface area contributed by atoms with Gasteiger partial charge in [-0.05, 0) is 65.3 Å². The summed E-state index contributed by atoms with van der Waals surface area (Å²) >= 11 is 4.32. The largest absolute Gasteiger partial charge is 0.464 e. The van der Waals surface area contributed by atoms with Crippen LogP contribution in [0.5, 0.6) is 0 Å². The third-order valence-corrected chi connectivity index (χ3v) is 5.11. The average molecular weight is 427 g/mol. The van der Waals surface area contributed by atoms with E-state index in [9.17, 15) is 14.4 Å². The molecule has 0 radical (unpaired) electrons. The predicted molar refractivity (Wildman–Crippen MR) is 102 cm³/mol. The van der Waals surface area contributed by atoms with Gasteiger partial charge in [-0.1, -0.05) is 6.07 Å². The van der Waals surface area contributed by atoms with Gasteiger partial charge in [0.15, 0.2) is 0 Å². The van der Waals surface area contributed by atoms with E-state index in [-0.39, 0.29) is 11.5 Å². The molecular weight excluding hydrogens is 408 g/mol. The molecule has 0 bridgehead atoms. The van der Waals surface area contributed by atoms with Crippen molar-refractivity contribution in [1.29, 1.82) is 0 Å². The van der Waals surface area contributed by atoms with Gasteiger partial charge in [0.2, 0.25) is 0 Å². The molecule has 0 saturated carbocycles. The van der Waals surface area contributed by atoms with E-state index in [1.54, 1.807) is 13.0 Å². The van der Waals surface area contributed by atoms with Crippen molar-refractivity contribution in [2.24, 2.45) is 0 Å². The highest BCUT2D eigenvalue weighted by Crippen LogP contribution is 2.35. The van der Waals surface area contributed by atoms with Crippen LogP contribution in [-0.2, 0) is 14.3 Å². The number of hydrogen-bond donors (Lipinski definition) is 0. The van der Waals surface area contributed by atoms with E-state index in [2.05, 4.69) is 15.9 Å². The Bertz CT molecular complexity index is 748. The number of carbonyl (C=O) groups excluding carboxylic acids is 3. The van der Waals surface area contributed by atoms with E-state index in [1.165, 1.54) is 6.92 Å². The fourth-order valence-corrected chi connectivity index (χ4v) is 3.97. The lowest BCUT2D eigenvalue weighted by Gasteiger charge is -2.19. The molecule has 134 valence electrons. The first-order valence-corrected chi connectivity index (χ1v) is 9.27. The number of esters is 1. The minimum absolute atomic E-state index is 0.196. The summed E-state index contributed by atoms with van der Waals surface area (Å²) in [5.74, 6) is -1.08. The molecule has 1 atom stereocenters. The maximum Gasteiger partial charge on any atom is 0.329 e. The molecule has 2 rings (SSSR count). The van der Waals surface area contributed by atoms with E-state index < -0.39 is 23.2 Å². The first-order valence-electron chi connectivity index (χ1n) is 7.66. The first kappa shape index (κ1) is 19.5. The summed E-state index contributed by atoms with van der Waals surface area (Å²) in [5, 5.41) is -0.471. The molecule has 0 N–H and O–H groups in total. The van der Waals surface area contributed by atoms with Crippen LogP contribution in [0.15, 0.2) is 27.6 Å². The van der Waals surface area contributed by atoms with Crippen LogP contribution in [0.25, 0.3) is 6.08 Å². The topological polar surface area (TPSA) is 66.9 Å². The highest BCUT2D eigenvalue weighted by molar-refractivity contribution is 9.10. The number of anilines is 1. The molecule has 1 saturated heterocycles. The summed E-state index contributed by atoms with van der Waals surface area (Å²) < 4.78 is 5.77. The van der Waals surface area contributed by atoms with E-state index >= 15 is 0 Å². The van der Waals surface area contributed by atoms with E-state index in [0.29, 0.717) is 0 Å². The zero-order valence-corrected chi connectivity index (χ0v) is 16.8. The molecule has 1 aliphatic rings. The molecule has 1 heterocycles. The molecule has 1 fully saturated rings. The van der Waals surface area contributed by atoms with Crippen molar-refractivity contribution in [2.75, 3.05) is 25.6 Å². The normalized spacial score (nSPS) is 17.2. The van der Waals surface area contributed by atoms with Crippen LogP contribution in [0.4, 0.5) is 10.5 Å². The standard InChI is InChI=1S/C17H19BrN2O4S/c1-5-24-16(22)10(2)20-15(21)14(25-17(20)23)9-11-6-7-13(19(3)4)12(18)8-11/h6-10H,5H2,1-4H3/b14-9-/t10-/m1/s1. The van der Waals surface area contributed by atoms with Gasteiger partial charge in [-0.25, -0.2) is 4.79 Å². The number of amides is 2. The number of ether oxygens (including phenoxy) is 1. The SMILES string of the molecule is CCOC(=O)[C@@H](C)N1C(=O)S/C(=C\c2ccc(N(C)C)c(Br)c2)C1=O. The van der Waals surface area contributed by atoms with Crippen LogP contribution in [0.1, 0.15) is 19.4 Å². The first-order chi connectivity index (χ1) is 11.8. The van der Waals surface area contributed by atoms with Crippen molar-refractivity contribution < 1.29 is 19.1 Å². The predicted octanol–water partition coefficient (Wildman–Crippen LogP) is 3.50. The van der Waals surface area contributed by atoms with E-state index in [0.717, 1.165) is 32.4 Å². The Morgan fingerprint density at radius 3 is 2.64 bits per heavy atom. The minimum atomic E-state index is -0.943. The lowest BCUT2D eigenvalue weighted by atomic mass is 10.1. The van der Waals surface area contributed by atoms with Gasteiger partial charge in [-0.3, -0.25) is 14.5 Å². The maximum atomic E-state index is 12.5. The summed E-state index contributed by atoms with van der Waals surface area (Å²) in [6.07, 6.45) is 1.65.